The molecule has 0 aliphatic carbocycles. The molecule has 0 aromatic heterocycles. The van der Waals surface area contributed by atoms with Gasteiger partial charge in [-0.2, -0.15) is 0 Å². The Hall–Kier alpha value is -0.0800. The maximum Gasteiger partial charge on any atom is 0.105 e. The summed E-state index contributed by atoms with van der Waals surface area (Å²) >= 11 is 0. The molecule has 1 unspecified atom stereocenters. The van der Waals surface area contributed by atoms with Gasteiger partial charge < -0.3 is 9.59 Å². The summed E-state index contributed by atoms with van der Waals surface area (Å²) in [4.78, 5) is 0. The molecule has 0 spiro atoms. The highest BCUT2D eigenvalue weighted by Gasteiger charge is 2.39. The van der Waals surface area contributed by atoms with Gasteiger partial charge in [-0.15, -0.1) is 0 Å². The number of aliphatic hydroxyl groups excluding tert-OH is 1. The predicted octanol–water partition coefficient (Wildman–Crippen LogP) is 0.998. The van der Waals surface area contributed by atoms with Crippen LogP contribution in [0.25, 0.3) is 0 Å². The fraction of sp³-hybridized carbons (Fsp3) is 1.00. The molecule has 0 aromatic rings. The average molecular weight is 170 g/mol. The van der Waals surface area contributed by atoms with Gasteiger partial charge in [-0.05, 0) is 32.1 Å². The molecule has 0 amide bonds. The monoisotopic (exact) mass is 170 g/mol. The molecule has 70 valence electrons. The summed E-state index contributed by atoms with van der Waals surface area (Å²) < 4.78 is 1.22. The van der Waals surface area contributed by atoms with Crippen molar-refractivity contribution in [2.45, 2.75) is 32.3 Å². The SMILES string of the molecule is CC(O)C[N+]12CCC(CC1)CC2. The fourth-order valence-electron chi connectivity index (χ4n) is 2.97. The van der Waals surface area contributed by atoms with Crippen molar-refractivity contribution in [2.75, 3.05) is 26.2 Å². The van der Waals surface area contributed by atoms with Crippen LogP contribution in [0.5, 0.6) is 0 Å². The van der Waals surface area contributed by atoms with Gasteiger partial charge in [0.2, 0.25) is 0 Å². The molecule has 2 nitrogen and oxygen atoms in total. The van der Waals surface area contributed by atoms with Crippen LogP contribution in [0.2, 0.25) is 0 Å². The number of rotatable bonds is 2. The van der Waals surface area contributed by atoms with Crippen molar-refractivity contribution in [3.8, 4) is 0 Å². The van der Waals surface area contributed by atoms with Gasteiger partial charge >= 0.3 is 0 Å². The van der Waals surface area contributed by atoms with E-state index in [-0.39, 0.29) is 6.10 Å². The van der Waals surface area contributed by atoms with E-state index in [0.717, 1.165) is 12.5 Å². The lowest BCUT2D eigenvalue weighted by atomic mass is 9.85. The summed E-state index contributed by atoms with van der Waals surface area (Å²) in [5, 5.41) is 9.40. The average Bonchev–Trinajstić information content (AvgIpc) is 2.05. The van der Waals surface area contributed by atoms with E-state index in [1.165, 1.54) is 43.4 Å². The molecule has 1 atom stereocenters. The van der Waals surface area contributed by atoms with Gasteiger partial charge in [0.25, 0.3) is 0 Å². The Morgan fingerprint density at radius 2 is 1.75 bits per heavy atom. The Labute approximate surface area is 74.8 Å². The minimum absolute atomic E-state index is 0.111. The van der Waals surface area contributed by atoms with Crippen molar-refractivity contribution in [1.29, 1.82) is 0 Å². The smallest absolute Gasteiger partial charge is 0.105 e. The Bertz CT molecular complexity index is 145. The zero-order valence-electron chi connectivity index (χ0n) is 8.00. The molecule has 2 bridgehead atoms. The molecule has 3 aliphatic rings. The third kappa shape index (κ3) is 1.50. The zero-order chi connectivity index (χ0) is 8.60. The second-order valence-corrected chi connectivity index (χ2v) is 4.78. The molecule has 0 radical (unpaired) electrons. The number of hydrogen-bond donors (Lipinski definition) is 1. The first-order valence-corrected chi connectivity index (χ1v) is 5.23. The molecular formula is C10H20NO+. The van der Waals surface area contributed by atoms with Gasteiger partial charge in [-0.3, -0.25) is 0 Å². The summed E-state index contributed by atoms with van der Waals surface area (Å²) in [5.74, 6) is 1.03. The van der Waals surface area contributed by atoms with Crippen LogP contribution in [0.3, 0.4) is 0 Å². The van der Waals surface area contributed by atoms with E-state index in [0.29, 0.717) is 0 Å². The largest absolute Gasteiger partial charge is 0.388 e. The van der Waals surface area contributed by atoms with Crippen molar-refractivity contribution >= 4 is 0 Å². The van der Waals surface area contributed by atoms with Crippen LogP contribution in [0, 0.1) is 5.92 Å². The van der Waals surface area contributed by atoms with E-state index in [1.54, 1.807) is 0 Å². The second kappa shape index (κ2) is 3.00. The highest BCUT2D eigenvalue weighted by Crippen LogP contribution is 2.33. The van der Waals surface area contributed by atoms with Crippen LogP contribution in [0.1, 0.15) is 26.2 Å². The van der Waals surface area contributed by atoms with Gasteiger partial charge in [-0.1, -0.05) is 0 Å². The maximum atomic E-state index is 9.40. The molecule has 3 rings (SSSR count). The van der Waals surface area contributed by atoms with E-state index in [1.807, 2.05) is 6.92 Å². The summed E-state index contributed by atoms with van der Waals surface area (Å²) in [6, 6.07) is 0. The van der Waals surface area contributed by atoms with E-state index in [2.05, 4.69) is 0 Å². The molecule has 3 fully saturated rings. The van der Waals surface area contributed by atoms with E-state index < -0.39 is 0 Å². The maximum absolute atomic E-state index is 9.40. The topological polar surface area (TPSA) is 20.2 Å². The van der Waals surface area contributed by atoms with Gasteiger partial charge in [0.05, 0.1) is 19.6 Å². The number of aliphatic hydroxyl groups is 1. The number of nitrogens with zero attached hydrogens (tertiary/aromatic N) is 1. The summed E-state index contributed by atoms with van der Waals surface area (Å²) in [5.41, 5.74) is 0. The molecule has 1 N–H and O–H groups in total. The van der Waals surface area contributed by atoms with Gasteiger partial charge in [0.1, 0.15) is 12.6 Å². The Morgan fingerprint density at radius 3 is 2.17 bits per heavy atom. The fourth-order valence-corrected chi connectivity index (χ4v) is 2.97. The molecule has 3 aliphatic heterocycles. The molecule has 2 heteroatoms. The summed E-state index contributed by atoms with van der Waals surface area (Å²) in [6.45, 7) is 6.90. The molecule has 3 saturated heterocycles. The summed E-state index contributed by atoms with van der Waals surface area (Å²) in [6.07, 6.45) is 4.12. The van der Waals surface area contributed by atoms with Crippen LogP contribution < -0.4 is 0 Å². The zero-order valence-corrected chi connectivity index (χ0v) is 8.00. The normalized spacial score (nSPS) is 43.0. The van der Waals surface area contributed by atoms with Crippen molar-refractivity contribution in [2.24, 2.45) is 5.92 Å². The highest BCUT2D eigenvalue weighted by atomic mass is 16.3. The number of hydrogen-bond acceptors (Lipinski definition) is 1. The third-order valence-electron chi connectivity index (χ3n) is 3.69. The van der Waals surface area contributed by atoms with Crippen molar-refractivity contribution in [3.05, 3.63) is 0 Å². The first kappa shape index (κ1) is 8.52. The minimum Gasteiger partial charge on any atom is -0.388 e. The molecule has 12 heavy (non-hydrogen) atoms. The van der Waals surface area contributed by atoms with Crippen molar-refractivity contribution in [3.63, 3.8) is 0 Å². The van der Waals surface area contributed by atoms with Crippen LogP contribution in [0.4, 0.5) is 0 Å². The Balaban J connectivity index is 1.99. The van der Waals surface area contributed by atoms with Crippen LogP contribution in [-0.4, -0.2) is 41.9 Å². The number of quaternary nitrogens is 1. The lowest BCUT2D eigenvalue weighted by Crippen LogP contribution is -2.60. The van der Waals surface area contributed by atoms with Gasteiger partial charge in [-0.25, -0.2) is 0 Å². The quantitative estimate of drug-likeness (QED) is 0.613. The first-order chi connectivity index (χ1) is 5.70. The number of fused-ring (bicyclic) bond motifs is 3. The summed E-state index contributed by atoms with van der Waals surface area (Å²) in [7, 11) is 0. The predicted molar refractivity (Wildman–Crippen MR) is 48.8 cm³/mol. The van der Waals surface area contributed by atoms with Gasteiger partial charge in [0, 0.05) is 0 Å². The highest BCUT2D eigenvalue weighted by molar-refractivity contribution is 4.72. The van der Waals surface area contributed by atoms with Crippen molar-refractivity contribution in [1.82, 2.24) is 0 Å². The first-order valence-electron chi connectivity index (χ1n) is 5.23. The van der Waals surface area contributed by atoms with Crippen LogP contribution >= 0.6 is 0 Å². The Morgan fingerprint density at radius 1 is 1.25 bits per heavy atom. The lowest BCUT2D eigenvalue weighted by molar-refractivity contribution is -0.945. The van der Waals surface area contributed by atoms with E-state index in [4.69, 9.17) is 0 Å². The lowest BCUT2D eigenvalue weighted by Gasteiger charge is -2.49. The standard InChI is InChI=1S/C10H20NO/c1-9(12)8-11-5-2-10(3-6-11)4-7-11/h9-10,12H,2-8H2,1H3/q+1. The molecular weight excluding hydrogens is 150 g/mol. The van der Waals surface area contributed by atoms with E-state index in [9.17, 15) is 5.11 Å². The second-order valence-electron chi connectivity index (χ2n) is 4.78. The van der Waals surface area contributed by atoms with Gasteiger partial charge in [0.15, 0.2) is 0 Å². The van der Waals surface area contributed by atoms with E-state index >= 15 is 0 Å². The number of piperidine rings is 3. The Kier molecular flexibility index (Phi) is 2.13. The third-order valence-corrected chi connectivity index (χ3v) is 3.69. The van der Waals surface area contributed by atoms with Crippen LogP contribution in [0.15, 0.2) is 0 Å². The molecule has 0 saturated carbocycles. The molecule has 3 heterocycles. The van der Waals surface area contributed by atoms with Crippen molar-refractivity contribution < 1.29 is 9.59 Å². The molecule has 0 aromatic carbocycles. The van der Waals surface area contributed by atoms with Crippen LogP contribution in [-0.2, 0) is 0 Å². The minimum atomic E-state index is -0.111.